The molecule has 1 N–H and O–H groups in total. The molecule has 3 heterocycles. The van der Waals surface area contributed by atoms with Gasteiger partial charge in [0, 0.05) is 11.8 Å². The molecule has 3 aromatic heterocycles. The summed E-state index contributed by atoms with van der Waals surface area (Å²) in [5.74, 6) is -0.613. The highest BCUT2D eigenvalue weighted by molar-refractivity contribution is 6.34. The Morgan fingerprint density at radius 2 is 1.83 bits per heavy atom. The lowest BCUT2D eigenvalue weighted by Crippen LogP contribution is -2.31. The van der Waals surface area contributed by atoms with Crippen LogP contribution in [0.25, 0.3) is 28.0 Å². The molecule has 0 saturated heterocycles. The molecule has 9 heteroatoms. The van der Waals surface area contributed by atoms with Crippen LogP contribution in [-0.2, 0) is 0 Å². The summed E-state index contributed by atoms with van der Waals surface area (Å²) in [5, 5.41) is 0.396. The van der Waals surface area contributed by atoms with Crippen LogP contribution in [-0.4, -0.2) is 19.5 Å². The number of aromatic nitrogens is 4. The van der Waals surface area contributed by atoms with E-state index in [1.165, 1.54) is 29.0 Å². The van der Waals surface area contributed by atoms with Crippen molar-refractivity contribution >= 4 is 34.2 Å². The molecule has 0 aliphatic rings. The first-order valence-electron chi connectivity index (χ1n) is 9.05. The van der Waals surface area contributed by atoms with Gasteiger partial charge in [0.2, 0.25) is 0 Å². The fourth-order valence-corrected chi connectivity index (χ4v) is 3.76. The van der Waals surface area contributed by atoms with Gasteiger partial charge in [-0.3, -0.25) is 14.8 Å². The number of fused-ring (bicyclic) bond motifs is 1. The van der Waals surface area contributed by atoms with Gasteiger partial charge in [-0.25, -0.2) is 18.7 Å². The van der Waals surface area contributed by atoms with Gasteiger partial charge < -0.3 is 0 Å². The van der Waals surface area contributed by atoms with Crippen LogP contribution in [0.1, 0.15) is 25.5 Å². The first-order valence-corrected chi connectivity index (χ1v) is 9.80. The highest BCUT2D eigenvalue weighted by atomic mass is 35.5. The first kappa shape index (κ1) is 20.3. The number of hydrogen-bond donors (Lipinski definition) is 1. The Balaban J connectivity index is 2.18. The largest absolute Gasteiger partial charge is 0.334 e. The van der Waals surface area contributed by atoms with E-state index in [2.05, 4.69) is 15.0 Å². The normalized spacial score (nSPS) is 11.4. The zero-order valence-corrected chi connectivity index (χ0v) is 17.4. The number of halogens is 3. The van der Waals surface area contributed by atoms with Crippen LogP contribution < -0.4 is 11.2 Å². The average molecular weight is 445 g/mol. The number of nitrogens with zero attached hydrogens (tertiary/aromatic N) is 3. The molecule has 0 amide bonds. The second-order valence-electron chi connectivity index (χ2n) is 6.95. The summed E-state index contributed by atoms with van der Waals surface area (Å²) in [5.41, 5.74) is -0.303. The van der Waals surface area contributed by atoms with Crippen molar-refractivity contribution in [2.24, 2.45) is 0 Å². The smallest absolute Gasteiger partial charge is 0.273 e. The summed E-state index contributed by atoms with van der Waals surface area (Å²) >= 11 is 12.8. The van der Waals surface area contributed by atoms with Gasteiger partial charge in [0.05, 0.1) is 32.5 Å². The van der Waals surface area contributed by atoms with Crippen molar-refractivity contribution in [3.8, 4) is 16.9 Å². The van der Waals surface area contributed by atoms with Crippen molar-refractivity contribution in [3.63, 3.8) is 0 Å². The van der Waals surface area contributed by atoms with Gasteiger partial charge in [-0.15, -0.1) is 0 Å². The van der Waals surface area contributed by atoms with E-state index in [0.29, 0.717) is 11.4 Å². The third-order valence-electron chi connectivity index (χ3n) is 4.64. The van der Waals surface area contributed by atoms with Gasteiger partial charge in [0.1, 0.15) is 5.82 Å². The summed E-state index contributed by atoms with van der Waals surface area (Å²) in [6.07, 6.45) is 1.54. The number of hydrogen-bond acceptors (Lipinski definition) is 4. The third-order valence-corrected chi connectivity index (χ3v) is 5.23. The topological polar surface area (TPSA) is 80.6 Å². The molecule has 4 aromatic rings. The monoisotopic (exact) mass is 444 g/mol. The van der Waals surface area contributed by atoms with Crippen molar-refractivity contribution in [2.75, 3.05) is 0 Å². The van der Waals surface area contributed by atoms with Crippen LogP contribution in [0, 0.1) is 5.82 Å². The molecule has 0 atom stereocenters. The summed E-state index contributed by atoms with van der Waals surface area (Å²) in [6, 6.07) is 8.87. The quantitative estimate of drug-likeness (QED) is 0.496. The molecule has 152 valence electrons. The van der Waals surface area contributed by atoms with Crippen LogP contribution in [0.2, 0.25) is 10.0 Å². The van der Waals surface area contributed by atoms with Gasteiger partial charge in [0.25, 0.3) is 5.56 Å². The standard InChI is InChI=1S/C21H15Cl2FN4O2/c1-10(2)16-18(13(22)7-8-25-16)28-19-12(20(29)27-21(28)30)9-14(23)17(26-19)11-5-3-4-6-15(11)24/h3-10H,1-2H3,(H,27,29,30). The molecular formula is C21H15Cl2FN4O2. The van der Waals surface area contributed by atoms with E-state index in [4.69, 9.17) is 23.2 Å². The fraction of sp³-hybridized carbons (Fsp3) is 0.143. The highest BCUT2D eigenvalue weighted by Crippen LogP contribution is 2.32. The third kappa shape index (κ3) is 3.30. The Hall–Kier alpha value is -3.03. The predicted molar refractivity (Wildman–Crippen MR) is 115 cm³/mol. The maximum Gasteiger partial charge on any atom is 0.334 e. The molecule has 0 fully saturated rings. The second-order valence-corrected chi connectivity index (χ2v) is 7.76. The summed E-state index contributed by atoms with van der Waals surface area (Å²) in [7, 11) is 0. The fourth-order valence-electron chi connectivity index (χ4n) is 3.27. The SMILES string of the molecule is CC(C)c1nccc(Cl)c1-n1c(=O)[nH]c(=O)c2cc(Cl)c(-c3ccccc3F)nc21. The van der Waals surface area contributed by atoms with Crippen LogP contribution in [0.5, 0.6) is 0 Å². The van der Waals surface area contributed by atoms with E-state index in [1.807, 2.05) is 13.8 Å². The molecule has 0 spiro atoms. The molecule has 0 aliphatic heterocycles. The highest BCUT2D eigenvalue weighted by Gasteiger charge is 2.21. The minimum absolute atomic E-state index is 0.00297. The molecule has 4 rings (SSSR count). The molecule has 6 nitrogen and oxygen atoms in total. The van der Waals surface area contributed by atoms with Gasteiger partial charge in [-0.1, -0.05) is 49.2 Å². The van der Waals surface area contributed by atoms with Crippen LogP contribution in [0.15, 0.2) is 52.2 Å². The van der Waals surface area contributed by atoms with Crippen molar-refractivity contribution in [3.05, 3.63) is 85.0 Å². The summed E-state index contributed by atoms with van der Waals surface area (Å²) in [6.45, 7) is 3.80. The number of rotatable bonds is 3. The van der Waals surface area contributed by atoms with Crippen molar-refractivity contribution in [1.82, 2.24) is 19.5 Å². The van der Waals surface area contributed by atoms with E-state index in [9.17, 15) is 14.0 Å². The Kier molecular flexibility index (Phi) is 5.17. The molecular weight excluding hydrogens is 430 g/mol. The van der Waals surface area contributed by atoms with Gasteiger partial charge in [-0.2, -0.15) is 0 Å². The molecule has 0 bridgehead atoms. The van der Waals surface area contributed by atoms with E-state index in [1.54, 1.807) is 18.2 Å². The molecule has 0 unspecified atom stereocenters. The van der Waals surface area contributed by atoms with Crippen molar-refractivity contribution in [2.45, 2.75) is 19.8 Å². The number of H-pyrrole nitrogens is 1. The van der Waals surface area contributed by atoms with Gasteiger partial charge >= 0.3 is 5.69 Å². The molecule has 0 saturated carbocycles. The van der Waals surface area contributed by atoms with Crippen molar-refractivity contribution in [1.29, 1.82) is 0 Å². The number of aromatic amines is 1. The Morgan fingerprint density at radius 1 is 1.10 bits per heavy atom. The zero-order chi connectivity index (χ0) is 21.6. The molecule has 1 aromatic carbocycles. The van der Waals surface area contributed by atoms with Gasteiger partial charge in [-0.05, 0) is 30.2 Å². The minimum Gasteiger partial charge on any atom is -0.273 e. The number of nitrogens with one attached hydrogen (secondary N) is 1. The van der Waals surface area contributed by atoms with Crippen LogP contribution >= 0.6 is 23.2 Å². The maximum atomic E-state index is 14.4. The Bertz CT molecular complexity index is 1410. The summed E-state index contributed by atoms with van der Waals surface area (Å²) < 4.78 is 15.6. The average Bonchev–Trinajstić information content (AvgIpc) is 2.69. The van der Waals surface area contributed by atoms with Crippen molar-refractivity contribution < 1.29 is 4.39 Å². The Labute approximate surface area is 180 Å². The second kappa shape index (κ2) is 7.66. The predicted octanol–water partition coefficient (Wildman–Crippen LogP) is 4.71. The first-order chi connectivity index (χ1) is 14.3. The van der Waals surface area contributed by atoms with E-state index < -0.39 is 17.1 Å². The lowest BCUT2D eigenvalue weighted by molar-refractivity contribution is 0.631. The minimum atomic E-state index is -0.737. The maximum absolute atomic E-state index is 14.4. The van der Waals surface area contributed by atoms with Gasteiger partial charge in [0.15, 0.2) is 5.65 Å². The lowest BCUT2D eigenvalue weighted by atomic mass is 10.1. The van der Waals surface area contributed by atoms with E-state index in [0.717, 1.165) is 0 Å². The van der Waals surface area contributed by atoms with Crippen LogP contribution in [0.3, 0.4) is 0 Å². The number of pyridine rings is 2. The van der Waals surface area contributed by atoms with E-state index >= 15 is 0 Å². The molecule has 30 heavy (non-hydrogen) atoms. The number of benzene rings is 1. The lowest BCUT2D eigenvalue weighted by Gasteiger charge is -2.17. The van der Waals surface area contributed by atoms with Crippen LogP contribution in [0.4, 0.5) is 4.39 Å². The molecule has 0 radical (unpaired) electrons. The summed E-state index contributed by atoms with van der Waals surface area (Å²) in [4.78, 5) is 36.4. The van der Waals surface area contributed by atoms with E-state index in [-0.39, 0.29) is 38.3 Å². The zero-order valence-electron chi connectivity index (χ0n) is 15.9. The molecule has 0 aliphatic carbocycles. The Morgan fingerprint density at radius 3 is 2.53 bits per heavy atom.